The van der Waals surface area contributed by atoms with E-state index in [2.05, 4.69) is 65.6 Å². The van der Waals surface area contributed by atoms with E-state index in [4.69, 9.17) is 0 Å². The third-order valence-electron chi connectivity index (χ3n) is 6.34. The monoisotopic (exact) mass is 414 g/mol. The Morgan fingerprint density at radius 1 is 0.719 bits per heavy atom. The molecule has 5 aromatic rings. The number of hydrogen-bond donors (Lipinski definition) is 1. The number of amides is 1. The number of nitrogens with one attached hydrogen (secondary N) is 1. The molecule has 0 saturated heterocycles. The van der Waals surface area contributed by atoms with Gasteiger partial charge in [-0.3, -0.25) is 4.79 Å². The fraction of sp³-hybridized carbons (Fsp3) is 0.0690. The van der Waals surface area contributed by atoms with Gasteiger partial charge in [0.15, 0.2) is 0 Å². The van der Waals surface area contributed by atoms with Crippen LogP contribution in [0.4, 0.5) is 0 Å². The number of H-pyrrole nitrogens is 1. The minimum Gasteiger partial charge on any atom is -0.354 e. The maximum Gasteiger partial charge on any atom is 0.255 e. The molecule has 0 bridgehead atoms. The number of benzene rings is 4. The van der Waals surface area contributed by atoms with Crippen molar-refractivity contribution >= 4 is 16.8 Å². The Bertz CT molecular complexity index is 1420. The van der Waals surface area contributed by atoms with Crippen molar-refractivity contribution in [3.63, 3.8) is 0 Å². The number of hydrogen-bond acceptors (Lipinski definition) is 1. The first-order valence-corrected chi connectivity index (χ1v) is 10.9. The van der Waals surface area contributed by atoms with Crippen molar-refractivity contribution < 1.29 is 4.79 Å². The second-order valence-corrected chi connectivity index (χ2v) is 8.23. The SMILES string of the molecule is O=C1c2ccccc2C(c2c(-c3ccccc3)[nH]c3ccccc23)N1Cc1ccccc1. The van der Waals surface area contributed by atoms with Gasteiger partial charge in [0.25, 0.3) is 5.91 Å². The van der Waals surface area contributed by atoms with E-state index in [9.17, 15) is 4.79 Å². The van der Waals surface area contributed by atoms with Gasteiger partial charge in [-0.15, -0.1) is 0 Å². The van der Waals surface area contributed by atoms with Crippen LogP contribution in [-0.4, -0.2) is 15.8 Å². The lowest BCUT2D eigenvalue weighted by Gasteiger charge is -2.27. The highest BCUT2D eigenvalue weighted by Crippen LogP contribution is 2.45. The topological polar surface area (TPSA) is 36.1 Å². The maximum absolute atomic E-state index is 13.6. The van der Waals surface area contributed by atoms with E-state index in [-0.39, 0.29) is 11.9 Å². The minimum absolute atomic E-state index is 0.0822. The van der Waals surface area contributed by atoms with Crippen LogP contribution in [0.2, 0.25) is 0 Å². The van der Waals surface area contributed by atoms with Gasteiger partial charge in [-0.05, 0) is 28.8 Å². The molecule has 1 unspecified atom stereocenters. The molecule has 3 nitrogen and oxygen atoms in total. The number of aromatic amines is 1. The highest BCUT2D eigenvalue weighted by atomic mass is 16.2. The van der Waals surface area contributed by atoms with Gasteiger partial charge in [-0.25, -0.2) is 0 Å². The van der Waals surface area contributed by atoms with Crippen LogP contribution >= 0.6 is 0 Å². The summed E-state index contributed by atoms with van der Waals surface area (Å²) in [5, 5.41) is 1.15. The van der Waals surface area contributed by atoms with Gasteiger partial charge in [0, 0.05) is 28.6 Å². The van der Waals surface area contributed by atoms with E-state index in [1.54, 1.807) is 0 Å². The highest BCUT2D eigenvalue weighted by Gasteiger charge is 2.40. The van der Waals surface area contributed by atoms with Crippen LogP contribution in [0.3, 0.4) is 0 Å². The summed E-state index contributed by atoms with van der Waals surface area (Å²) < 4.78 is 0. The lowest BCUT2D eigenvalue weighted by atomic mass is 9.93. The molecular weight excluding hydrogens is 392 g/mol. The van der Waals surface area contributed by atoms with Crippen molar-refractivity contribution in [2.24, 2.45) is 0 Å². The van der Waals surface area contributed by atoms with Crippen LogP contribution in [0, 0.1) is 0 Å². The minimum atomic E-state index is -0.162. The van der Waals surface area contributed by atoms with Crippen molar-refractivity contribution in [1.29, 1.82) is 0 Å². The normalized spacial score (nSPS) is 15.3. The largest absolute Gasteiger partial charge is 0.354 e. The average molecular weight is 415 g/mol. The second-order valence-electron chi connectivity index (χ2n) is 8.23. The molecule has 32 heavy (non-hydrogen) atoms. The van der Waals surface area contributed by atoms with Crippen LogP contribution in [0.5, 0.6) is 0 Å². The van der Waals surface area contributed by atoms with Gasteiger partial charge in [0.1, 0.15) is 0 Å². The second kappa shape index (κ2) is 7.54. The third kappa shape index (κ3) is 2.94. The first-order chi connectivity index (χ1) is 15.8. The molecule has 0 saturated carbocycles. The molecule has 1 aliphatic heterocycles. The van der Waals surface area contributed by atoms with Crippen molar-refractivity contribution in [2.75, 3.05) is 0 Å². The van der Waals surface area contributed by atoms with Crippen LogP contribution in [-0.2, 0) is 6.54 Å². The van der Waals surface area contributed by atoms with E-state index in [0.717, 1.165) is 44.4 Å². The predicted octanol–water partition coefficient (Wildman–Crippen LogP) is 6.58. The Morgan fingerprint density at radius 2 is 1.38 bits per heavy atom. The number of fused-ring (bicyclic) bond motifs is 2. The first-order valence-electron chi connectivity index (χ1n) is 10.9. The molecule has 4 aromatic carbocycles. The molecule has 154 valence electrons. The van der Waals surface area contributed by atoms with Gasteiger partial charge in [0.2, 0.25) is 0 Å². The average Bonchev–Trinajstić information content (AvgIpc) is 3.36. The molecule has 3 heteroatoms. The maximum atomic E-state index is 13.6. The van der Waals surface area contributed by atoms with Crippen LogP contribution in [0.25, 0.3) is 22.2 Å². The standard InChI is InChI=1S/C29H22N2O/c32-29-23-16-8-7-15-22(23)28(31(29)19-20-11-3-1-4-12-20)26-24-17-9-10-18-25(24)30-27(26)21-13-5-2-6-14-21/h1-18,28,30H,19H2. The van der Waals surface area contributed by atoms with Crippen LogP contribution in [0.15, 0.2) is 109 Å². The Hall–Kier alpha value is -4.11. The summed E-state index contributed by atoms with van der Waals surface area (Å²) in [6, 6.07) is 36.9. The fourth-order valence-corrected chi connectivity index (χ4v) is 4.90. The summed E-state index contributed by atoms with van der Waals surface area (Å²) in [6.45, 7) is 0.562. The third-order valence-corrected chi connectivity index (χ3v) is 6.34. The summed E-state index contributed by atoms with van der Waals surface area (Å²) >= 11 is 0. The van der Waals surface area contributed by atoms with E-state index >= 15 is 0 Å². The molecular formula is C29H22N2O. The molecule has 2 heterocycles. The molecule has 1 N–H and O–H groups in total. The van der Waals surface area contributed by atoms with E-state index in [1.165, 1.54) is 0 Å². The predicted molar refractivity (Wildman–Crippen MR) is 128 cm³/mol. The molecule has 1 aliphatic rings. The van der Waals surface area contributed by atoms with E-state index < -0.39 is 0 Å². The van der Waals surface area contributed by atoms with Crippen molar-refractivity contribution in [2.45, 2.75) is 12.6 Å². The van der Waals surface area contributed by atoms with Crippen LogP contribution in [0.1, 0.15) is 33.1 Å². The van der Waals surface area contributed by atoms with Gasteiger partial charge < -0.3 is 9.88 Å². The smallest absolute Gasteiger partial charge is 0.255 e. The molecule has 1 aromatic heterocycles. The Labute approximate surface area is 187 Å². The number of rotatable bonds is 4. The Morgan fingerprint density at radius 3 is 2.19 bits per heavy atom. The lowest BCUT2D eigenvalue weighted by molar-refractivity contribution is 0.0737. The van der Waals surface area contributed by atoms with Gasteiger partial charge in [-0.1, -0.05) is 97.1 Å². The van der Waals surface area contributed by atoms with Crippen molar-refractivity contribution in [3.05, 3.63) is 131 Å². The zero-order chi connectivity index (χ0) is 21.5. The van der Waals surface area contributed by atoms with Crippen molar-refractivity contribution in [1.82, 2.24) is 9.88 Å². The van der Waals surface area contributed by atoms with Gasteiger partial charge >= 0.3 is 0 Å². The molecule has 6 rings (SSSR count). The Kier molecular flexibility index (Phi) is 4.39. The van der Waals surface area contributed by atoms with Gasteiger partial charge in [-0.2, -0.15) is 0 Å². The summed E-state index contributed by atoms with van der Waals surface area (Å²) in [4.78, 5) is 19.3. The van der Waals surface area contributed by atoms with Crippen LogP contribution < -0.4 is 0 Å². The van der Waals surface area contributed by atoms with E-state index in [0.29, 0.717) is 6.54 Å². The fourth-order valence-electron chi connectivity index (χ4n) is 4.90. The zero-order valence-corrected chi connectivity index (χ0v) is 17.5. The Balaban J connectivity index is 1.61. The molecule has 0 spiro atoms. The molecule has 1 atom stereocenters. The number of nitrogens with zero attached hydrogens (tertiary/aromatic N) is 1. The number of aromatic nitrogens is 1. The summed E-state index contributed by atoms with van der Waals surface area (Å²) in [5.41, 5.74) is 7.40. The molecule has 0 radical (unpaired) electrons. The molecule has 0 fully saturated rings. The summed E-state index contributed by atoms with van der Waals surface area (Å²) in [5.74, 6) is 0.0822. The highest BCUT2D eigenvalue weighted by molar-refractivity contribution is 6.02. The zero-order valence-electron chi connectivity index (χ0n) is 17.5. The molecule has 0 aliphatic carbocycles. The number of carbonyl (C=O) groups is 1. The number of carbonyl (C=O) groups excluding carboxylic acids is 1. The summed E-state index contributed by atoms with van der Waals surface area (Å²) in [6.07, 6.45) is 0. The number of para-hydroxylation sites is 1. The summed E-state index contributed by atoms with van der Waals surface area (Å²) in [7, 11) is 0. The van der Waals surface area contributed by atoms with E-state index in [1.807, 2.05) is 53.4 Å². The first kappa shape index (κ1) is 18.6. The van der Waals surface area contributed by atoms with Crippen molar-refractivity contribution in [3.8, 4) is 11.3 Å². The van der Waals surface area contributed by atoms with Gasteiger partial charge in [0.05, 0.1) is 11.7 Å². The lowest BCUT2D eigenvalue weighted by Crippen LogP contribution is -2.28. The molecule has 1 amide bonds. The quantitative estimate of drug-likeness (QED) is 0.354.